The Labute approximate surface area is 126 Å². The quantitative estimate of drug-likeness (QED) is 0.687. The second-order valence-electron chi connectivity index (χ2n) is 4.48. The van der Waals surface area contributed by atoms with E-state index in [-0.39, 0.29) is 10.2 Å². The summed E-state index contributed by atoms with van der Waals surface area (Å²) in [6.45, 7) is 3.41. The highest BCUT2D eigenvalue weighted by Crippen LogP contribution is 2.33. The largest absolute Gasteiger partial charge is 0.480 e. The maximum Gasteiger partial charge on any atom is 0.326 e. The third-order valence-electron chi connectivity index (χ3n) is 2.91. The summed E-state index contributed by atoms with van der Waals surface area (Å²) in [4.78, 5) is 24.8. The van der Waals surface area contributed by atoms with E-state index >= 15 is 0 Å². The molecule has 20 heavy (non-hydrogen) atoms. The Hall–Kier alpha value is -1.66. The molecule has 6 heteroatoms. The lowest BCUT2D eigenvalue weighted by molar-refractivity contribution is -0.144. The standard InChI is InChI=1S/C14H13NO3S2/c1-8-4-3-5-10(6-8)7-11-12(16)15(14(19)20-11)9(2)13(17)18/h3-7,9H,1-2H3,(H,17,18)/b11-7-/t9-/m1/s1. The average molecular weight is 307 g/mol. The van der Waals surface area contributed by atoms with Crippen LogP contribution >= 0.6 is 24.0 Å². The second kappa shape index (κ2) is 5.76. The molecule has 0 aliphatic carbocycles. The molecule has 4 nitrogen and oxygen atoms in total. The van der Waals surface area contributed by atoms with Gasteiger partial charge in [-0.3, -0.25) is 9.69 Å². The number of aliphatic carboxylic acids is 1. The molecule has 2 rings (SSSR count). The van der Waals surface area contributed by atoms with Crippen molar-refractivity contribution in [2.24, 2.45) is 0 Å². The molecule has 0 bridgehead atoms. The molecule has 1 aromatic rings. The molecule has 0 saturated carbocycles. The predicted molar refractivity (Wildman–Crippen MR) is 83.3 cm³/mol. The summed E-state index contributed by atoms with van der Waals surface area (Å²) >= 11 is 6.23. The number of benzene rings is 1. The van der Waals surface area contributed by atoms with Gasteiger partial charge in [-0.2, -0.15) is 0 Å². The van der Waals surface area contributed by atoms with Gasteiger partial charge in [0, 0.05) is 0 Å². The van der Waals surface area contributed by atoms with Crippen molar-refractivity contribution in [1.29, 1.82) is 0 Å². The van der Waals surface area contributed by atoms with Crippen LogP contribution in [0, 0.1) is 6.92 Å². The van der Waals surface area contributed by atoms with Crippen molar-refractivity contribution in [2.75, 3.05) is 0 Å². The highest BCUT2D eigenvalue weighted by atomic mass is 32.2. The number of rotatable bonds is 3. The van der Waals surface area contributed by atoms with Gasteiger partial charge < -0.3 is 5.11 Å². The van der Waals surface area contributed by atoms with Crippen LogP contribution in [0.5, 0.6) is 0 Å². The number of carboxylic acid groups (broad SMARTS) is 1. The Morgan fingerprint density at radius 1 is 1.50 bits per heavy atom. The van der Waals surface area contributed by atoms with Crippen molar-refractivity contribution in [2.45, 2.75) is 19.9 Å². The molecule has 1 saturated heterocycles. The fourth-order valence-corrected chi connectivity index (χ4v) is 3.25. The highest BCUT2D eigenvalue weighted by molar-refractivity contribution is 8.26. The molecule has 1 atom stereocenters. The van der Waals surface area contributed by atoms with Gasteiger partial charge in [0.25, 0.3) is 5.91 Å². The molecule has 1 N–H and O–H groups in total. The van der Waals surface area contributed by atoms with Crippen molar-refractivity contribution in [3.05, 3.63) is 40.3 Å². The number of carbonyl (C=O) groups is 2. The molecule has 1 heterocycles. The molecular formula is C14H13NO3S2. The van der Waals surface area contributed by atoms with Crippen LogP contribution in [0.4, 0.5) is 0 Å². The number of thioether (sulfide) groups is 1. The molecule has 0 spiro atoms. The lowest BCUT2D eigenvalue weighted by atomic mass is 10.1. The fourth-order valence-electron chi connectivity index (χ4n) is 1.84. The van der Waals surface area contributed by atoms with Gasteiger partial charge in [0.15, 0.2) is 0 Å². The van der Waals surface area contributed by atoms with Crippen LogP contribution < -0.4 is 0 Å². The van der Waals surface area contributed by atoms with E-state index in [1.807, 2.05) is 31.2 Å². The molecule has 1 aliphatic heterocycles. The van der Waals surface area contributed by atoms with Gasteiger partial charge in [-0.25, -0.2) is 4.79 Å². The Morgan fingerprint density at radius 2 is 2.20 bits per heavy atom. The van der Waals surface area contributed by atoms with Gasteiger partial charge in [0.1, 0.15) is 10.4 Å². The number of nitrogens with zero attached hydrogens (tertiary/aromatic N) is 1. The third-order valence-corrected chi connectivity index (χ3v) is 4.24. The normalized spacial score (nSPS) is 18.7. The molecule has 104 valence electrons. The second-order valence-corrected chi connectivity index (χ2v) is 6.16. The summed E-state index contributed by atoms with van der Waals surface area (Å²) in [5.74, 6) is -1.42. The summed E-state index contributed by atoms with van der Waals surface area (Å²) in [7, 11) is 0. The minimum absolute atomic E-state index is 0.281. The summed E-state index contributed by atoms with van der Waals surface area (Å²) in [5.41, 5.74) is 1.99. The van der Waals surface area contributed by atoms with Crippen molar-refractivity contribution < 1.29 is 14.7 Å². The zero-order valence-electron chi connectivity index (χ0n) is 11.0. The Bertz CT molecular complexity index is 625. The molecule has 1 amide bonds. The zero-order valence-corrected chi connectivity index (χ0v) is 12.6. The molecule has 1 aliphatic rings. The third kappa shape index (κ3) is 2.91. The monoisotopic (exact) mass is 307 g/mol. The van der Waals surface area contributed by atoms with E-state index in [2.05, 4.69) is 0 Å². The number of aryl methyl sites for hydroxylation is 1. The van der Waals surface area contributed by atoms with E-state index in [1.165, 1.54) is 6.92 Å². The number of hydrogen-bond acceptors (Lipinski definition) is 4. The number of amides is 1. The molecule has 0 aromatic heterocycles. The fraction of sp³-hybridized carbons (Fsp3) is 0.214. The van der Waals surface area contributed by atoms with Gasteiger partial charge in [0.2, 0.25) is 0 Å². The van der Waals surface area contributed by atoms with Crippen LogP contribution in [0.15, 0.2) is 29.2 Å². The molecule has 0 radical (unpaired) electrons. The summed E-state index contributed by atoms with van der Waals surface area (Å²) in [6, 6.07) is 6.76. The maximum absolute atomic E-state index is 12.2. The molecule has 0 unspecified atom stereocenters. The number of carbonyl (C=O) groups excluding carboxylic acids is 1. The van der Waals surface area contributed by atoms with Gasteiger partial charge in [-0.15, -0.1) is 0 Å². The first-order valence-corrected chi connectivity index (χ1v) is 7.19. The van der Waals surface area contributed by atoms with Gasteiger partial charge in [-0.1, -0.05) is 53.8 Å². The van der Waals surface area contributed by atoms with E-state index < -0.39 is 12.0 Å². The van der Waals surface area contributed by atoms with Crippen LogP contribution in [-0.4, -0.2) is 32.2 Å². The first kappa shape index (κ1) is 14.7. The Morgan fingerprint density at radius 3 is 2.80 bits per heavy atom. The smallest absolute Gasteiger partial charge is 0.326 e. The topological polar surface area (TPSA) is 57.6 Å². The Kier molecular flexibility index (Phi) is 4.25. The van der Waals surface area contributed by atoms with E-state index in [0.29, 0.717) is 4.91 Å². The predicted octanol–water partition coefficient (Wildman–Crippen LogP) is 2.67. The summed E-state index contributed by atoms with van der Waals surface area (Å²) in [6.07, 6.45) is 1.74. The summed E-state index contributed by atoms with van der Waals surface area (Å²) in [5, 5.41) is 9.01. The van der Waals surface area contributed by atoms with E-state index in [1.54, 1.807) is 6.08 Å². The first-order chi connectivity index (χ1) is 9.40. The molecule has 1 aromatic carbocycles. The Balaban J connectivity index is 2.30. The van der Waals surface area contributed by atoms with E-state index in [9.17, 15) is 9.59 Å². The number of hydrogen-bond donors (Lipinski definition) is 1. The van der Waals surface area contributed by atoms with Gasteiger partial charge in [-0.05, 0) is 25.5 Å². The van der Waals surface area contributed by atoms with Gasteiger partial charge >= 0.3 is 5.97 Å². The number of carboxylic acids is 1. The minimum atomic E-state index is -1.07. The first-order valence-electron chi connectivity index (χ1n) is 5.96. The maximum atomic E-state index is 12.2. The molecular weight excluding hydrogens is 294 g/mol. The zero-order chi connectivity index (χ0) is 14.9. The van der Waals surface area contributed by atoms with Crippen molar-refractivity contribution >= 4 is 46.3 Å². The lowest BCUT2D eigenvalue weighted by Crippen LogP contribution is -2.41. The average Bonchev–Trinajstić information content (AvgIpc) is 2.63. The summed E-state index contributed by atoms with van der Waals surface area (Å²) < 4.78 is 0.281. The van der Waals surface area contributed by atoms with Crippen molar-refractivity contribution in [1.82, 2.24) is 4.90 Å². The van der Waals surface area contributed by atoms with Crippen LogP contribution in [-0.2, 0) is 9.59 Å². The van der Waals surface area contributed by atoms with Crippen LogP contribution in [0.3, 0.4) is 0 Å². The number of thiocarbonyl (C=S) groups is 1. The van der Waals surface area contributed by atoms with E-state index in [0.717, 1.165) is 27.8 Å². The SMILES string of the molecule is Cc1cccc(/C=C2\SC(=S)N([C@H](C)C(=O)O)C2=O)c1. The van der Waals surface area contributed by atoms with Crippen LogP contribution in [0.2, 0.25) is 0 Å². The lowest BCUT2D eigenvalue weighted by Gasteiger charge is -2.18. The highest BCUT2D eigenvalue weighted by Gasteiger charge is 2.38. The van der Waals surface area contributed by atoms with Crippen molar-refractivity contribution in [3.63, 3.8) is 0 Å². The van der Waals surface area contributed by atoms with E-state index in [4.69, 9.17) is 17.3 Å². The van der Waals surface area contributed by atoms with Crippen LogP contribution in [0.1, 0.15) is 18.1 Å². The molecule has 1 fully saturated rings. The van der Waals surface area contributed by atoms with Crippen molar-refractivity contribution in [3.8, 4) is 0 Å². The van der Waals surface area contributed by atoms with Crippen LogP contribution in [0.25, 0.3) is 6.08 Å². The van der Waals surface area contributed by atoms with Gasteiger partial charge in [0.05, 0.1) is 4.91 Å². The minimum Gasteiger partial charge on any atom is -0.480 e.